The number of halogens is 3. The van der Waals surface area contributed by atoms with Crippen LogP contribution >= 0.6 is 0 Å². The quantitative estimate of drug-likeness (QED) is 0.507. The molecule has 2 fully saturated rings. The largest absolute Gasteiger partial charge is 0.478 e. The lowest BCUT2D eigenvalue weighted by Crippen LogP contribution is -2.40. The van der Waals surface area contributed by atoms with Gasteiger partial charge in [-0.05, 0) is 86.3 Å². The number of aliphatic carboxylic acids is 1. The molecule has 0 amide bonds. The predicted octanol–water partition coefficient (Wildman–Crippen LogP) is 6.06. The first-order chi connectivity index (χ1) is 14.8. The van der Waals surface area contributed by atoms with Crippen LogP contribution in [0, 0.1) is 17.8 Å². The van der Waals surface area contributed by atoms with Gasteiger partial charge in [-0.3, -0.25) is 0 Å². The van der Waals surface area contributed by atoms with E-state index in [2.05, 4.69) is 4.90 Å². The van der Waals surface area contributed by atoms with Crippen LogP contribution in [0.1, 0.15) is 56.1 Å². The normalized spacial score (nSPS) is 27.6. The van der Waals surface area contributed by atoms with E-state index >= 15 is 0 Å². The molecule has 168 valence electrons. The van der Waals surface area contributed by atoms with Gasteiger partial charge in [0.1, 0.15) is 0 Å². The fraction of sp³-hybridized carbons (Fsp3) is 0.560. The number of nitrogens with zero attached hydrogens (tertiary/aromatic N) is 1. The lowest BCUT2D eigenvalue weighted by molar-refractivity contribution is -0.137. The summed E-state index contributed by atoms with van der Waals surface area (Å²) in [6.45, 7) is 0.903. The molecule has 1 N–H and O–H groups in total. The van der Waals surface area contributed by atoms with E-state index in [9.17, 15) is 23.1 Å². The first kappa shape index (κ1) is 22.0. The number of benzene rings is 1. The van der Waals surface area contributed by atoms with Crippen LogP contribution in [0.25, 0.3) is 0 Å². The number of hydrogen-bond donors (Lipinski definition) is 1. The fourth-order valence-corrected chi connectivity index (χ4v) is 5.81. The first-order valence-electron chi connectivity index (χ1n) is 11.3. The molecule has 0 saturated heterocycles. The average molecular weight is 434 g/mol. The minimum Gasteiger partial charge on any atom is -0.478 e. The Hall–Kier alpha value is -2.24. The summed E-state index contributed by atoms with van der Waals surface area (Å²) in [5.74, 6) is 1.39. The molecular formula is C25H30F3NO2. The average Bonchev–Trinajstić information content (AvgIpc) is 3.34. The molecule has 1 aliphatic heterocycles. The zero-order chi connectivity index (χ0) is 22.0. The van der Waals surface area contributed by atoms with Crippen LogP contribution in [0.5, 0.6) is 0 Å². The molecule has 2 aliphatic carbocycles. The molecule has 31 heavy (non-hydrogen) atoms. The Balaban J connectivity index is 1.34. The van der Waals surface area contributed by atoms with Gasteiger partial charge in [-0.1, -0.05) is 31.0 Å². The summed E-state index contributed by atoms with van der Waals surface area (Å²) >= 11 is 0. The molecule has 0 spiro atoms. The number of rotatable bonds is 8. The fourth-order valence-electron chi connectivity index (χ4n) is 5.81. The Labute approximate surface area is 181 Å². The molecule has 4 rings (SSSR count). The van der Waals surface area contributed by atoms with Gasteiger partial charge in [0.15, 0.2) is 0 Å². The van der Waals surface area contributed by atoms with E-state index in [1.807, 2.05) is 12.3 Å². The Morgan fingerprint density at radius 2 is 2.00 bits per heavy atom. The number of hydrogen-bond acceptors (Lipinski definition) is 2. The standard InChI is InChI=1S/C25H30F3NO2/c26-25(27,28)21-7-3-6-17(15-21)5-1-2-9-23-22(24(30)31)8-4-12-29(23)16-20-14-18-10-11-19(20)13-18/h3-4,6-8,12,15,18-20,23H,1-2,5,9-11,13-14,16H2,(H,30,31). The van der Waals surface area contributed by atoms with Gasteiger partial charge in [0.25, 0.3) is 0 Å². The van der Waals surface area contributed by atoms with Gasteiger partial charge in [-0.2, -0.15) is 13.2 Å². The maximum atomic E-state index is 12.9. The van der Waals surface area contributed by atoms with E-state index in [0.29, 0.717) is 29.9 Å². The molecule has 2 saturated carbocycles. The van der Waals surface area contributed by atoms with Gasteiger partial charge in [0, 0.05) is 6.54 Å². The smallest absolute Gasteiger partial charge is 0.416 e. The van der Waals surface area contributed by atoms with E-state index < -0.39 is 17.7 Å². The van der Waals surface area contributed by atoms with Crippen molar-refractivity contribution in [2.75, 3.05) is 6.54 Å². The topological polar surface area (TPSA) is 40.5 Å². The summed E-state index contributed by atoms with van der Waals surface area (Å²) in [7, 11) is 0. The summed E-state index contributed by atoms with van der Waals surface area (Å²) in [6.07, 6.45) is 9.20. The molecule has 2 bridgehead atoms. The second kappa shape index (κ2) is 9.09. The van der Waals surface area contributed by atoms with E-state index in [0.717, 1.165) is 37.3 Å². The van der Waals surface area contributed by atoms with Crippen molar-refractivity contribution in [3.8, 4) is 0 Å². The van der Waals surface area contributed by atoms with Crippen LogP contribution in [0.4, 0.5) is 13.2 Å². The van der Waals surface area contributed by atoms with Gasteiger partial charge in [0.05, 0.1) is 17.2 Å². The minimum absolute atomic E-state index is 0.164. The summed E-state index contributed by atoms with van der Waals surface area (Å²) in [5.41, 5.74) is 0.478. The molecule has 1 aromatic rings. The highest BCUT2D eigenvalue weighted by Crippen LogP contribution is 2.48. The van der Waals surface area contributed by atoms with Gasteiger partial charge in [0.2, 0.25) is 0 Å². The molecule has 3 aliphatic rings. The van der Waals surface area contributed by atoms with Crippen molar-refractivity contribution in [1.82, 2.24) is 4.90 Å². The van der Waals surface area contributed by atoms with Crippen molar-refractivity contribution in [2.24, 2.45) is 17.8 Å². The number of allylic oxidation sites excluding steroid dienone is 2. The number of alkyl halides is 3. The van der Waals surface area contributed by atoms with Gasteiger partial charge < -0.3 is 10.0 Å². The SMILES string of the molecule is O=C(O)C1=CC=CN(CC2CC3CCC2C3)C1CCCCc1cccc(C(F)(F)F)c1. The number of aryl methyl sites for hydroxylation is 1. The highest BCUT2D eigenvalue weighted by atomic mass is 19.4. The molecule has 4 unspecified atom stereocenters. The van der Waals surface area contributed by atoms with E-state index in [-0.39, 0.29) is 6.04 Å². The van der Waals surface area contributed by atoms with E-state index in [1.54, 1.807) is 12.1 Å². The molecular weight excluding hydrogens is 403 g/mol. The van der Waals surface area contributed by atoms with Crippen LogP contribution in [-0.2, 0) is 17.4 Å². The summed E-state index contributed by atoms with van der Waals surface area (Å²) in [4.78, 5) is 14.0. The maximum absolute atomic E-state index is 12.9. The maximum Gasteiger partial charge on any atom is 0.416 e. The van der Waals surface area contributed by atoms with Crippen LogP contribution in [-0.4, -0.2) is 28.6 Å². The number of unbranched alkanes of at least 4 members (excludes halogenated alkanes) is 1. The summed E-state index contributed by atoms with van der Waals surface area (Å²) in [6, 6.07) is 5.32. The van der Waals surface area contributed by atoms with Crippen LogP contribution < -0.4 is 0 Å². The molecule has 0 aromatic heterocycles. The number of carboxylic acids is 1. The zero-order valence-electron chi connectivity index (χ0n) is 17.7. The van der Waals surface area contributed by atoms with Crippen molar-refractivity contribution >= 4 is 5.97 Å². The van der Waals surface area contributed by atoms with Crippen LogP contribution in [0.15, 0.2) is 48.2 Å². The second-order valence-electron chi connectivity index (χ2n) is 9.36. The highest BCUT2D eigenvalue weighted by molar-refractivity contribution is 5.88. The van der Waals surface area contributed by atoms with Crippen molar-refractivity contribution in [3.63, 3.8) is 0 Å². The minimum atomic E-state index is -4.33. The molecule has 1 heterocycles. The third-order valence-corrected chi connectivity index (χ3v) is 7.34. The number of fused-ring (bicyclic) bond motifs is 2. The van der Waals surface area contributed by atoms with Crippen molar-refractivity contribution < 1.29 is 23.1 Å². The third-order valence-electron chi connectivity index (χ3n) is 7.34. The number of carboxylic acid groups (broad SMARTS) is 1. The van der Waals surface area contributed by atoms with Crippen molar-refractivity contribution in [1.29, 1.82) is 0 Å². The second-order valence-corrected chi connectivity index (χ2v) is 9.36. The summed E-state index contributed by atoms with van der Waals surface area (Å²) in [5, 5.41) is 9.70. The lowest BCUT2D eigenvalue weighted by Gasteiger charge is -2.37. The molecule has 0 radical (unpaired) electrons. The van der Waals surface area contributed by atoms with Crippen molar-refractivity contribution in [2.45, 2.75) is 63.6 Å². The van der Waals surface area contributed by atoms with Gasteiger partial charge >= 0.3 is 12.1 Å². The molecule has 6 heteroatoms. The molecule has 4 atom stereocenters. The van der Waals surface area contributed by atoms with E-state index in [1.165, 1.54) is 37.8 Å². The highest BCUT2D eigenvalue weighted by Gasteiger charge is 2.41. The molecule has 1 aromatic carbocycles. The summed E-state index contributed by atoms with van der Waals surface area (Å²) < 4.78 is 38.7. The Bertz CT molecular complexity index is 861. The van der Waals surface area contributed by atoms with E-state index in [4.69, 9.17) is 0 Å². The van der Waals surface area contributed by atoms with Gasteiger partial charge in [-0.15, -0.1) is 0 Å². The molecule has 3 nitrogen and oxygen atoms in total. The monoisotopic (exact) mass is 433 g/mol. The van der Waals surface area contributed by atoms with Gasteiger partial charge in [-0.25, -0.2) is 4.79 Å². The third kappa shape index (κ3) is 5.16. The Morgan fingerprint density at radius 3 is 2.68 bits per heavy atom. The lowest BCUT2D eigenvalue weighted by atomic mass is 9.87. The van der Waals surface area contributed by atoms with Crippen LogP contribution in [0.3, 0.4) is 0 Å². The Kier molecular flexibility index (Phi) is 6.44. The zero-order valence-corrected chi connectivity index (χ0v) is 17.7. The number of carbonyl (C=O) groups is 1. The van der Waals surface area contributed by atoms with Crippen LogP contribution in [0.2, 0.25) is 0 Å². The predicted molar refractivity (Wildman–Crippen MR) is 113 cm³/mol. The Morgan fingerprint density at radius 1 is 1.16 bits per heavy atom. The van der Waals surface area contributed by atoms with Crippen molar-refractivity contribution in [3.05, 3.63) is 59.3 Å². The first-order valence-corrected chi connectivity index (χ1v) is 11.3.